The van der Waals surface area contributed by atoms with Gasteiger partial charge in [0.15, 0.2) is 0 Å². The maximum Gasteiger partial charge on any atom is -0.0351 e. The highest BCUT2D eigenvalue weighted by Gasteiger charge is 2.05. The highest BCUT2D eigenvalue weighted by atomic mass is 14.1. The van der Waals surface area contributed by atoms with Crippen molar-refractivity contribution in [3.8, 4) is 0 Å². The summed E-state index contributed by atoms with van der Waals surface area (Å²) in [6, 6.07) is 0. The summed E-state index contributed by atoms with van der Waals surface area (Å²) in [5.41, 5.74) is 0. The van der Waals surface area contributed by atoms with E-state index in [0.717, 1.165) is 18.8 Å². The number of unbranched alkanes of at least 4 members (excludes halogenated alkanes) is 15. The predicted octanol–water partition coefficient (Wildman–Crippen LogP) is 10.0. The summed E-state index contributed by atoms with van der Waals surface area (Å²) in [6.45, 7) is 10.2. The Morgan fingerprint density at radius 3 is 1.37 bits per heavy atom. The van der Waals surface area contributed by atoms with E-state index in [1.54, 1.807) is 0 Å². The van der Waals surface area contributed by atoms with Crippen LogP contribution < -0.4 is 0 Å². The molecule has 0 fully saturated rings. The maximum absolute atomic E-state index is 3.93. The van der Waals surface area contributed by atoms with Crippen molar-refractivity contribution >= 4 is 0 Å². The van der Waals surface area contributed by atoms with E-state index in [4.69, 9.17) is 0 Å². The van der Waals surface area contributed by atoms with E-state index in [-0.39, 0.29) is 0 Å². The molecule has 2 radical (unpaired) electrons. The average molecular weight is 377 g/mol. The smallest absolute Gasteiger partial charge is 0.0351 e. The van der Waals surface area contributed by atoms with Gasteiger partial charge in [0.05, 0.1) is 0 Å². The molecule has 0 saturated carbocycles. The SMILES string of the molecule is [CH2]CCCCCCCCCC=CCCCCC(CC)CCCCCCC[CH2]. The highest BCUT2D eigenvalue weighted by Crippen LogP contribution is 2.21. The van der Waals surface area contributed by atoms with Crippen LogP contribution >= 0.6 is 0 Å². The Balaban J connectivity index is 3.33. The zero-order chi connectivity index (χ0) is 19.8. The van der Waals surface area contributed by atoms with Gasteiger partial charge in [-0.3, -0.25) is 0 Å². The number of rotatable bonds is 22. The van der Waals surface area contributed by atoms with Crippen molar-refractivity contribution in [1.82, 2.24) is 0 Å². The zero-order valence-corrected chi connectivity index (χ0v) is 19.0. The fourth-order valence-electron chi connectivity index (χ4n) is 3.95. The molecule has 0 heterocycles. The fourth-order valence-corrected chi connectivity index (χ4v) is 3.95. The van der Waals surface area contributed by atoms with Crippen molar-refractivity contribution in [3.63, 3.8) is 0 Å². The maximum atomic E-state index is 3.93. The van der Waals surface area contributed by atoms with E-state index in [0.29, 0.717) is 0 Å². The minimum Gasteiger partial charge on any atom is -0.0885 e. The van der Waals surface area contributed by atoms with Gasteiger partial charge in [-0.15, -0.1) is 0 Å². The van der Waals surface area contributed by atoms with Gasteiger partial charge in [0.25, 0.3) is 0 Å². The summed E-state index contributed by atoms with van der Waals surface area (Å²) in [7, 11) is 0. The monoisotopic (exact) mass is 376 g/mol. The Hall–Kier alpha value is -0.260. The molecule has 27 heavy (non-hydrogen) atoms. The molecule has 160 valence electrons. The van der Waals surface area contributed by atoms with Crippen LogP contribution in [0.1, 0.15) is 142 Å². The lowest BCUT2D eigenvalue weighted by molar-refractivity contribution is 0.397. The molecule has 0 heteroatoms. The van der Waals surface area contributed by atoms with E-state index in [1.807, 2.05) is 0 Å². The lowest BCUT2D eigenvalue weighted by Gasteiger charge is -2.14. The molecular formula is C27H52. The molecule has 0 aromatic rings. The van der Waals surface area contributed by atoms with Crippen LogP contribution in [0.3, 0.4) is 0 Å². The van der Waals surface area contributed by atoms with Crippen LogP contribution in [0.15, 0.2) is 12.2 Å². The molecule has 0 nitrogen and oxygen atoms in total. The lowest BCUT2D eigenvalue weighted by atomic mass is 9.92. The molecule has 0 aliphatic carbocycles. The van der Waals surface area contributed by atoms with Crippen LogP contribution in [-0.4, -0.2) is 0 Å². The first-order valence-electron chi connectivity index (χ1n) is 12.6. The Morgan fingerprint density at radius 2 is 0.889 bits per heavy atom. The first-order chi connectivity index (χ1) is 13.3. The van der Waals surface area contributed by atoms with Crippen molar-refractivity contribution in [2.45, 2.75) is 142 Å². The van der Waals surface area contributed by atoms with E-state index in [1.165, 1.54) is 122 Å². The first kappa shape index (κ1) is 26.7. The van der Waals surface area contributed by atoms with Crippen molar-refractivity contribution in [3.05, 3.63) is 26.0 Å². The second-order valence-electron chi connectivity index (χ2n) is 8.56. The molecule has 0 saturated heterocycles. The quantitative estimate of drug-likeness (QED) is 0.130. The van der Waals surface area contributed by atoms with Gasteiger partial charge in [-0.05, 0) is 31.6 Å². The number of hydrogen-bond acceptors (Lipinski definition) is 0. The molecule has 0 spiro atoms. The zero-order valence-electron chi connectivity index (χ0n) is 19.0. The van der Waals surface area contributed by atoms with Crippen LogP contribution in [0.25, 0.3) is 0 Å². The number of hydrogen-bond donors (Lipinski definition) is 0. The fraction of sp³-hybridized carbons (Fsp3) is 0.852. The van der Waals surface area contributed by atoms with Crippen LogP contribution in [0.5, 0.6) is 0 Å². The van der Waals surface area contributed by atoms with E-state index in [2.05, 4.69) is 32.9 Å². The van der Waals surface area contributed by atoms with Crippen molar-refractivity contribution in [1.29, 1.82) is 0 Å². The van der Waals surface area contributed by atoms with Gasteiger partial charge in [0.1, 0.15) is 0 Å². The molecule has 1 atom stereocenters. The second-order valence-corrected chi connectivity index (χ2v) is 8.56. The molecule has 0 aliphatic heterocycles. The van der Waals surface area contributed by atoms with Crippen molar-refractivity contribution in [2.24, 2.45) is 5.92 Å². The van der Waals surface area contributed by atoms with E-state index in [9.17, 15) is 0 Å². The van der Waals surface area contributed by atoms with Gasteiger partial charge in [-0.25, -0.2) is 0 Å². The molecule has 0 amide bonds. The third-order valence-corrected chi connectivity index (χ3v) is 5.96. The van der Waals surface area contributed by atoms with Gasteiger partial charge >= 0.3 is 0 Å². The topological polar surface area (TPSA) is 0 Å². The van der Waals surface area contributed by atoms with E-state index < -0.39 is 0 Å². The molecule has 0 bridgehead atoms. The van der Waals surface area contributed by atoms with Crippen LogP contribution in [0.4, 0.5) is 0 Å². The Kier molecular flexibility index (Phi) is 23.5. The minimum absolute atomic E-state index is 0.982. The summed E-state index contributed by atoms with van der Waals surface area (Å²) in [5, 5.41) is 0. The minimum atomic E-state index is 0.982. The van der Waals surface area contributed by atoms with Gasteiger partial charge < -0.3 is 0 Å². The van der Waals surface area contributed by atoms with E-state index >= 15 is 0 Å². The van der Waals surface area contributed by atoms with Crippen LogP contribution in [-0.2, 0) is 0 Å². The number of allylic oxidation sites excluding steroid dienone is 2. The molecule has 0 aromatic carbocycles. The Morgan fingerprint density at radius 1 is 0.519 bits per heavy atom. The summed E-state index contributed by atoms with van der Waals surface area (Å²) in [6.07, 6.45) is 33.6. The normalized spacial score (nSPS) is 12.9. The third-order valence-electron chi connectivity index (χ3n) is 5.96. The van der Waals surface area contributed by atoms with Crippen LogP contribution in [0.2, 0.25) is 0 Å². The van der Waals surface area contributed by atoms with Crippen molar-refractivity contribution in [2.75, 3.05) is 0 Å². The Bertz CT molecular complexity index is 278. The largest absolute Gasteiger partial charge is 0.0885 e. The molecule has 0 aliphatic rings. The third kappa shape index (κ3) is 21.9. The van der Waals surface area contributed by atoms with Gasteiger partial charge in [-0.1, -0.05) is 142 Å². The predicted molar refractivity (Wildman–Crippen MR) is 126 cm³/mol. The first-order valence-corrected chi connectivity index (χ1v) is 12.6. The Labute approximate surface area is 174 Å². The molecule has 1 unspecified atom stereocenters. The lowest BCUT2D eigenvalue weighted by Crippen LogP contribution is -1.99. The molecule has 0 rings (SSSR count). The molecule has 0 aromatic heterocycles. The van der Waals surface area contributed by atoms with Crippen LogP contribution in [0, 0.1) is 19.8 Å². The summed E-state index contributed by atoms with van der Waals surface area (Å²) >= 11 is 0. The van der Waals surface area contributed by atoms with Gasteiger partial charge in [-0.2, -0.15) is 0 Å². The summed E-state index contributed by atoms with van der Waals surface area (Å²) in [5.74, 6) is 0.982. The summed E-state index contributed by atoms with van der Waals surface area (Å²) < 4.78 is 0. The second kappa shape index (κ2) is 23.8. The van der Waals surface area contributed by atoms with Gasteiger partial charge in [0, 0.05) is 0 Å². The molecular weight excluding hydrogens is 324 g/mol. The molecule has 0 N–H and O–H groups in total. The van der Waals surface area contributed by atoms with Crippen molar-refractivity contribution < 1.29 is 0 Å². The summed E-state index contributed by atoms with van der Waals surface area (Å²) in [4.78, 5) is 0. The standard InChI is InChI=1S/C27H52/c1-4-7-9-11-13-14-15-16-17-18-19-20-22-24-26-27(6-3)25-23-21-12-10-8-5-2/h18-19,27H,1-2,4-17,20-26H2,3H3. The average Bonchev–Trinajstić information content (AvgIpc) is 2.69. The van der Waals surface area contributed by atoms with Gasteiger partial charge in [0.2, 0.25) is 0 Å². The highest BCUT2D eigenvalue weighted by molar-refractivity contribution is 4.81.